The average molecular weight is 321 g/mol. The molecule has 1 unspecified atom stereocenters. The number of rotatable bonds is 4. The molecule has 1 aromatic carbocycles. The molecule has 1 heterocycles. The highest BCUT2D eigenvalue weighted by atomic mass is 79.9. The largest absolute Gasteiger partial charge is 0.481 e. The van der Waals surface area contributed by atoms with Gasteiger partial charge in [0.2, 0.25) is 5.88 Å². The first-order chi connectivity index (χ1) is 9.10. The minimum absolute atomic E-state index is 0.243. The number of halogens is 1. The van der Waals surface area contributed by atoms with Crippen LogP contribution in [0.2, 0.25) is 0 Å². The highest BCUT2D eigenvalue weighted by molar-refractivity contribution is 9.09. The van der Waals surface area contributed by atoms with Gasteiger partial charge in [-0.1, -0.05) is 39.7 Å². The maximum atomic E-state index is 5.12. The quantitative estimate of drug-likeness (QED) is 0.804. The summed E-state index contributed by atoms with van der Waals surface area (Å²) in [5.74, 6) is 0.602. The summed E-state index contributed by atoms with van der Waals surface area (Å²) in [6, 6.07) is 8.37. The zero-order chi connectivity index (χ0) is 13.8. The molecule has 100 valence electrons. The Kier molecular flexibility index (Phi) is 4.53. The Balaban J connectivity index is 2.20. The first-order valence-electron chi connectivity index (χ1n) is 6.16. The van der Waals surface area contributed by atoms with E-state index in [9.17, 15) is 0 Å². The molecule has 0 fully saturated rings. The second-order valence-electron chi connectivity index (χ2n) is 4.58. The fraction of sp³-hybridized carbons (Fsp3) is 0.333. The van der Waals surface area contributed by atoms with Crippen molar-refractivity contribution in [3.8, 4) is 5.88 Å². The van der Waals surface area contributed by atoms with E-state index in [0.29, 0.717) is 5.88 Å². The number of aryl methyl sites for hydroxylation is 2. The van der Waals surface area contributed by atoms with Gasteiger partial charge in [-0.3, -0.25) is 0 Å². The molecule has 0 spiro atoms. The van der Waals surface area contributed by atoms with Crippen molar-refractivity contribution in [3.63, 3.8) is 0 Å². The zero-order valence-corrected chi connectivity index (χ0v) is 12.9. The molecule has 0 aliphatic carbocycles. The van der Waals surface area contributed by atoms with Crippen LogP contribution in [0.1, 0.15) is 27.2 Å². The van der Waals surface area contributed by atoms with Crippen LogP contribution in [0.3, 0.4) is 0 Å². The van der Waals surface area contributed by atoms with Gasteiger partial charge in [-0.15, -0.1) is 0 Å². The molecule has 0 saturated heterocycles. The molecule has 3 nitrogen and oxygen atoms in total. The maximum absolute atomic E-state index is 5.12. The van der Waals surface area contributed by atoms with E-state index in [0.717, 1.165) is 12.1 Å². The van der Waals surface area contributed by atoms with Gasteiger partial charge in [0, 0.05) is 23.0 Å². The maximum Gasteiger partial charge on any atom is 0.216 e. The lowest BCUT2D eigenvalue weighted by atomic mass is 10.0. The van der Waals surface area contributed by atoms with E-state index >= 15 is 0 Å². The first kappa shape index (κ1) is 14.0. The summed E-state index contributed by atoms with van der Waals surface area (Å²) in [6.07, 6.45) is 2.35. The van der Waals surface area contributed by atoms with Gasteiger partial charge in [0.15, 0.2) is 0 Å². The molecule has 0 N–H and O–H groups in total. The van der Waals surface area contributed by atoms with Crippen molar-refractivity contribution in [2.75, 3.05) is 7.11 Å². The number of benzene rings is 1. The van der Waals surface area contributed by atoms with Crippen molar-refractivity contribution < 1.29 is 4.74 Å². The van der Waals surface area contributed by atoms with Crippen molar-refractivity contribution in [3.05, 3.63) is 53.0 Å². The van der Waals surface area contributed by atoms with Crippen LogP contribution in [-0.4, -0.2) is 17.1 Å². The van der Waals surface area contributed by atoms with Crippen LogP contribution in [-0.2, 0) is 6.42 Å². The number of nitrogens with zero attached hydrogens (tertiary/aromatic N) is 2. The summed E-state index contributed by atoms with van der Waals surface area (Å²) in [7, 11) is 1.61. The van der Waals surface area contributed by atoms with Gasteiger partial charge in [-0.25, -0.2) is 9.97 Å². The monoisotopic (exact) mass is 320 g/mol. The topological polar surface area (TPSA) is 35.0 Å². The third kappa shape index (κ3) is 3.53. The van der Waals surface area contributed by atoms with Gasteiger partial charge in [-0.05, 0) is 25.0 Å². The molecule has 2 rings (SSSR count). The Labute approximate surface area is 122 Å². The van der Waals surface area contributed by atoms with E-state index in [2.05, 4.69) is 57.9 Å². The van der Waals surface area contributed by atoms with E-state index < -0.39 is 0 Å². The number of hydrogen-bond acceptors (Lipinski definition) is 3. The molecule has 0 amide bonds. The Morgan fingerprint density at radius 1 is 1.21 bits per heavy atom. The zero-order valence-electron chi connectivity index (χ0n) is 11.4. The lowest BCUT2D eigenvalue weighted by Gasteiger charge is -2.14. The molecule has 0 bridgehead atoms. The number of methoxy groups -OCH3 is 1. The van der Waals surface area contributed by atoms with E-state index in [1.54, 1.807) is 7.11 Å². The third-order valence-electron chi connectivity index (χ3n) is 3.07. The number of alkyl halides is 1. The third-order valence-corrected chi connectivity index (χ3v) is 3.89. The lowest BCUT2D eigenvalue weighted by Crippen LogP contribution is -2.01. The second kappa shape index (κ2) is 6.15. The first-order valence-corrected chi connectivity index (χ1v) is 7.08. The van der Waals surface area contributed by atoms with Crippen LogP contribution < -0.4 is 4.74 Å². The van der Waals surface area contributed by atoms with Crippen LogP contribution >= 0.6 is 15.9 Å². The lowest BCUT2D eigenvalue weighted by molar-refractivity contribution is 0.396. The highest BCUT2D eigenvalue weighted by Gasteiger charge is 2.12. The summed E-state index contributed by atoms with van der Waals surface area (Å²) >= 11 is 3.75. The molecular weight excluding hydrogens is 304 g/mol. The fourth-order valence-electron chi connectivity index (χ4n) is 1.99. The van der Waals surface area contributed by atoms with Gasteiger partial charge in [0.25, 0.3) is 0 Å². The highest BCUT2D eigenvalue weighted by Crippen LogP contribution is 2.30. The van der Waals surface area contributed by atoms with Crippen LogP contribution in [0.4, 0.5) is 0 Å². The Morgan fingerprint density at radius 3 is 2.74 bits per heavy atom. The second-order valence-corrected chi connectivity index (χ2v) is 5.69. The summed E-state index contributed by atoms with van der Waals surface area (Å²) in [4.78, 5) is 8.55. The molecule has 1 aromatic heterocycles. The van der Waals surface area contributed by atoms with Crippen molar-refractivity contribution >= 4 is 15.9 Å². The normalized spacial score (nSPS) is 12.2. The van der Waals surface area contributed by atoms with Gasteiger partial charge in [0.05, 0.1) is 7.11 Å². The summed E-state index contributed by atoms with van der Waals surface area (Å²) in [5, 5.41) is 0. The van der Waals surface area contributed by atoms with Gasteiger partial charge in [-0.2, -0.15) is 0 Å². The summed E-state index contributed by atoms with van der Waals surface area (Å²) in [5.41, 5.74) is 4.83. The molecular formula is C15H17BrN2O. The number of aromatic nitrogens is 2. The van der Waals surface area contributed by atoms with Crippen LogP contribution in [0, 0.1) is 13.8 Å². The van der Waals surface area contributed by atoms with Crippen molar-refractivity contribution in [2.24, 2.45) is 0 Å². The Morgan fingerprint density at radius 2 is 2.00 bits per heavy atom. The smallest absolute Gasteiger partial charge is 0.216 e. The Bertz CT molecular complexity index is 572. The molecule has 4 heteroatoms. The molecule has 0 saturated carbocycles. The average Bonchev–Trinajstić information content (AvgIpc) is 2.41. The fourth-order valence-corrected chi connectivity index (χ4v) is 2.82. The van der Waals surface area contributed by atoms with Gasteiger partial charge >= 0.3 is 0 Å². The summed E-state index contributed by atoms with van der Waals surface area (Å²) in [6.45, 7) is 4.24. The van der Waals surface area contributed by atoms with Crippen molar-refractivity contribution in [1.29, 1.82) is 0 Å². The SMILES string of the molecule is COc1cc(CC(Br)c2cc(C)ccc2C)ncn1. The van der Waals surface area contributed by atoms with Crippen molar-refractivity contribution in [2.45, 2.75) is 25.1 Å². The predicted octanol–water partition coefficient (Wildman–Crippen LogP) is 3.78. The van der Waals surface area contributed by atoms with E-state index in [1.807, 2.05) is 6.07 Å². The summed E-state index contributed by atoms with van der Waals surface area (Å²) < 4.78 is 5.12. The van der Waals surface area contributed by atoms with Crippen LogP contribution in [0.5, 0.6) is 5.88 Å². The number of ether oxygens (including phenoxy) is 1. The predicted molar refractivity (Wildman–Crippen MR) is 79.9 cm³/mol. The minimum Gasteiger partial charge on any atom is -0.481 e. The van der Waals surface area contributed by atoms with Crippen LogP contribution in [0.25, 0.3) is 0 Å². The number of hydrogen-bond donors (Lipinski definition) is 0. The molecule has 1 atom stereocenters. The molecule has 2 aromatic rings. The molecule has 0 aliphatic heterocycles. The standard InChI is InChI=1S/C15H17BrN2O/c1-10-4-5-11(2)13(6-10)14(16)7-12-8-15(19-3)18-9-17-12/h4-6,8-9,14H,7H2,1-3H3. The van der Waals surface area contributed by atoms with E-state index in [-0.39, 0.29) is 4.83 Å². The molecule has 0 radical (unpaired) electrons. The minimum atomic E-state index is 0.243. The van der Waals surface area contributed by atoms with Gasteiger partial charge in [0.1, 0.15) is 6.33 Å². The van der Waals surface area contributed by atoms with Crippen LogP contribution in [0.15, 0.2) is 30.6 Å². The van der Waals surface area contributed by atoms with Gasteiger partial charge < -0.3 is 4.74 Å². The van der Waals surface area contributed by atoms with E-state index in [4.69, 9.17) is 4.74 Å². The molecule has 0 aliphatic rings. The Hall–Kier alpha value is -1.42. The molecule has 19 heavy (non-hydrogen) atoms. The van der Waals surface area contributed by atoms with E-state index in [1.165, 1.54) is 23.0 Å². The van der Waals surface area contributed by atoms with Crippen molar-refractivity contribution in [1.82, 2.24) is 9.97 Å².